The Labute approximate surface area is 166 Å². The van der Waals surface area contributed by atoms with Crippen molar-refractivity contribution in [2.45, 2.75) is 56.3 Å². The Bertz CT molecular complexity index is 707. The van der Waals surface area contributed by atoms with Crippen molar-refractivity contribution in [2.24, 2.45) is 5.92 Å². The van der Waals surface area contributed by atoms with E-state index >= 15 is 0 Å². The molecular formula is C19H23FO7S. The largest absolute Gasteiger partial charge is 0.463 e. The van der Waals surface area contributed by atoms with Crippen LogP contribution in [0.1, 0.15) is 27.7 Å². The predicted octanol–water partition coefficient (Wildman–Crippen LogP) is 2.71. The van der Waals surface area contributed by atoms with E-state index in [0.717, 1.165) is 0 Å². The van der Waals surface area contributed by atoms with Crippen LogP contribution in [0.3, 0.4) is 0 Å². The van der Waals surface area contributed by atoms with E-state index in [2.05, 4.69) is 0 Å². The number of hydrogen-bond acceptors (Lipinski definition) is 8. The molecule has 0 bridgehead atoms. The highest BCUT2D eigenvalue weighted by molar-refractivity contribution is 7.99. The number of thioether (sulfide) groups is 1. The third-order valence-electron chi connectivity index (χ3n) is 4.10. The Balaban J connectivity index is 2.28. The van der Waals surface area contributed by atoms with E-state index in [1.165, 1.54) is 44.7 Å². The second-order valence-corrected chi connectivity index (χ2v) is 7.60. The van der Waals surface area contributed by atoms with Gasteiger partial charge in [0.05, 0.1) is 0 Å². The van der Waals surface area contributed by atoms with E-state index in [9.17, 15) is 18.8 Å². The van der Waals surface area contributed by atoms with Crippen molar-refractivity contribution in [3.05, 3.63) is 30.1 Å². The molecule has 0 radical (unpaired) electrons. The van der Waals surface area contributed by atoms with Crippen LogP contribution in [0.2, 0.25) is 0 Å². The van der Waals surface area contributed by atoms with Gasteiger partial charge in [-0.3, -0.25) is 14.4 Å². The molecule has 0 aromatic heterocycles. The molecule has 154 valence electrons. The molecule has 0 amide bonds. The fourth-order valence-electron chi connectivity index (χ4n) is 2.91. The smallest absolute Gasteiger partial charge is 0.303 e. The van der Waals surface area contributed by atoms with Gasteiger partial charge in [-0.25, -0.2) is 4.39 Å². The number of halogens is 1. The van der Waals surface area contributed by atoms with Gasteiger partial charge < -0.3 is 18.9 Å². The number of hydrogen-bond donors (Lipinski definition) is 0. The van der Waals surface area contributed by atoms with Crippen molar-refractivity contribution in [2.75, 3.05) is 6.61 Å². The van der Waals surface area contributed by atoms with Crippen molar-refractivity contribution >= 4 is 29.7 Å². The molecule has 0 aliphatic carbocycles. The molecule has 1 aliphatic heterocycles. The molecule has 1 aliphatic rings. The number of esters is 3. The summed E-state index contributed by atoms with van der Waals surface area (Å²) in [6, 6.07) is 5.79. The maximum absolute atomic E-state index is 13.2. The normalized spacial score (nSPS) is 27.0. The molecule has 1 heterocycles. The lowest BCUT2D eigenvalue weighted by molar-refractivity contribution is -0.212. The van der Waals surface area contributed by atoms with Crippen LogP contribution in [-0.2, 0) is 33.3 Å². The third kappa shape index (κ3) is 6.20. The topological polar surface area (TPSA) is 88.1 Å². The van der Waals surface area contributed by atoms with Crippen molar-refractivity contribution in [1.82, 2.24) is 0 Å². The molecule has 9 heteroatoms. The average molecular weight is 414 g/mol. The minimum atomic E-state index is -0.772. The summed E-state index contributed by atoms with van der Waals surface area (Å²) < 4.78 is 35.0. The molecule has 1 saturated heterocycles. The van der Waals surface area contributed by atoms with E-state index in [-0.39, 0.29) is 12.4 Å². The monoisotopic (exact) mass is 414 g/mol. The van der Waals surface area contributed by atoms with Crippen molar-refractivity contribution in [3.63, 3.8) is 0 Å². The lowest BCUT2D eigenvalue weighted by Gasteiger charge is -2.43. The van der Waals surface area contributed by atoms with Gasteiger partial charge in [0.2, 0.25) is 0 Å². The first-order valence-corrected chi connectivity index (χ1v) is 9.60. The number of ether oxygens (including phenoxy) is 4. The molecule has 2 rings (SSSR count). The van der Waals surface area contributed by atoms with E-state index in [0.29, 0.717) is 4.90 Å². The Morgan fingerprint density at radius 1 is 1.00 bits per heavy atom. The zero-order valence-electron chi connectivity index (χ0n) is 16.0. The highest BCUT2D eigenvalue weighted by Gasteiger charge is 2.48. The number of rotatable bonds is 6. The standard InChI is InChI=1S/C19H23FO7S/c1-10-17(25-12(3)22)16(9-24-11(2)21)27-19(18(10)26-13(4)23)28-15-7-5-14(20)6-8-15/h5-8,10,16-19H,9H2,1-4H3/t10?,16?,17-,18?,19-/m1/s1. The van der Waals surface area contributed by atoms with Gasteiger partial charge in [0.1, 0.15) is 36.2 Å². The van der Waals surface area contributed by atoms with E-state index < -0.39 is 47.6 Å². The summed E-state index contributed by atoms with van der Waals surface area (Å²) >= 11 is 1.24. The van der Waals surface area contributed by atoms with Crippen LogP contribution in [-0.4, -0.2) is 48.3 Å². The number of carbonyl (C=O) groups is 3. The molecule has 1 aromatic carbocycles. The highest BCUT2D eigenvalue weighted by Crippen LogP contribution is 2.38. The summed E-state index contributed by atoms with van der Waals surface area (Å²) in [6.07, 6.45) is -2.25. The molecule has 3 unspecified atom stereocenters. The summed E-state index contributed by atoms with van der Waals surface area (Å²) in [5.41, 5.74) is -0.670. The van der Waals surface area contributed by atoms with Gasteiger partial charge in [-0.05, 0) is 24.3 Å². The first-order chi connectivity index (χ1) is 13.2. The van der Waals surface area contributed by atoms with Crippen LogP contribution in [0.15, 0.2) is 29.2 Å². The van der Waals surface area contributed by atoms with Gasteiger partial charge in [-0.15, -0.1) is 0 Å². The second kappa shape index (κ2) is 9.88. The predicted molar refractivity (Wildman–Crippen MR) is 97.8 cm³/mol. The summed E-state index contributed by atoms with van der Waals surface area (Å²) in [5.74, 6) is -2.34. The first-order valence-electron chi connectivity index (χ1n) is 8.73. The molecule has 1 aromatic rings. The van der Waals surface area contributed by atoms with Gasteiger partial charge in [0, 0.05) is 31.6 Å². The number of benzene rings is 1. The van der Waals surface area contributed by atoms with E-state index in [1.54, 1.807) is 19.1 Å². The van der Waals surface area contributed by atoms with E-state index in [1.807, 2.05) is 0 Å². The average Bonchev–Trinajstić information content (AvgIpc) is 2.60. The van der Waals surface area contributed by atoms with Crippen molar-refractivity contribution < 1.29 is 37.7 Å². The maximum Gasteiger partial charge on any atom is 0.303 e. The summed E-state index contributed by atoms with van der Waals surface area (Å²) in [5, 5.41) is 0. The van der Waals surface area contributed by atoms with Crippen molar-refractivity contribution in [1.29, 1.82) is 0 Å². The second-order valence-electron chi connectivity index (χ2n) is 6.42. The molecule has 1 fully saturated rings. The van der Waals surface area contributed by atoms with Crippen LogP contribution in [0.5, 0.6) is 0 Å². The molecule has 0 N–H and O–H groups in total. The number of carbonyl (C=O) groups excluding carboxylic acids is 3. The summed E-state index contributed by atoms with van der Waals surface area (Å²) in [4.78, 5) is 35.1. The first kappa shape index (κ1) is 22.2. The molecule has 28 heavy (non-hydrogen) atoms. The molecule has 0 spiro atoms. The molecular weight excluding hydrogens is 391 g/mol. The van der Waals surface area contributed by atoms with Gasteiger partial charge in [0.15, 0.2) is 0 Å². The van der Waals surface area contributed by atoms with Gasteiger partial charge in [0.25, 0.3) is 0 Å². The molecule has 5 atom stereocenters. The van der Waals surface area contributed by atoms with Gasteiger partial charge >= 0.3 is 17.9 Å². The Hall–Kier alpha value is -2.13. The van der Waals surface area contributed by atoms with Crippen LogP contribution >= 0.6 is 11.8 Å². The third-order valence-corrected chi connectivity index (χ3v) is 5.26. The quantitative estimate of drug-likeness (QED) is 0.519. The highest BCUT2D eigenvalue weighted by atomic mass is 32.2. The van der Waals surface area contributed by atoms with Gasteiger partial charge in [-0.1, -0.05) is 18.7 Å². The van der Waals surface area contributed by atoms with E-state index in [4.69, 9.17) is 18.9 Å². The minimum Gasteiger partial charge on any atom is -0.463 e. The Morgan fingerprint density at radius 3 is 2.11 bits per heavy atom. The fraction of sp³-hybridized carbons (Fsp3) is 0.526. The zero-order chi connectivity index (χ0) is 20.8. The molecule has 7 nitrogen and oxygen atoms in total. The minimum absolute atomic E-state index is 0.120. The lowest BCUT2D eigenvalue weighted by Crippen LogP contribution is -2.56. The maximum atomic E-state index is 13.2. The molecule has 0 saturated carbocycles. The Morgan fingerprint density at radius 2 is 1.57 bits per heavy atom. The van der Waals surface area contributed by atoms with Crippen LogP contribution in [0, 0.1) is 11.7 Å². The Kier molecular flexibility index (Phi) is 7.82. The zero-order valence-corrected chi connectivity index (χ0v) is 16.9. The fourth-order valence-corrected chi connectivity index (χ4v) is 4.10. The SMILES string of the molecule is CC(=O)OCC1O[C@H](Sc2ccc(F)cc2)C(OC(C)=O)C(C)[C@H]1OC(C)=O. The van der Waals surface area contributed by atoms with Crippen LogP contribution in [0.4, 0.5) is 4.39 Å². The lowest BCUT2D eigenvalue weighted by atomic mass is 9.91. The van der Waals surface area contributed by atoms with Crippen molar-refractivity contribution in [3.8, 4) is 0 Å². The summed E-state index contributed by atoms with van der Waals surface area (Å²) in [7, 11) is 0. The summed E-state index contributed by atoms with van der Waals surface area (Å²) in [6.45, 7) is 5.45. The van der Waals surface area contributed by atoms with Crippen LogP contribution in [0.25, 0.3) is 0 Å². The van der Waals surface area contributed by atoms with Crippen LogP contribution < -0.4 is 0 Å². The van der Waals surface area contributed by atoms with Gasteiger partial charge in [-0.2, -0.15) is 0 Å².